The lowest BCUT2D eigenvalue weighted by Crippen LogP contribution is -2.62. The molecule has 0 aliphatic carbocycles. The van der Waals surface area contributed by atoms with E-state index < -0.39 is 5.54 Å². The zero-order valence-electron chi connectivity index (χ0n) is 20.8. The Morgan fingerprint density at radius 2 is 1.82 bits per heavy atom. The number of amides is 3. The summed E-state index contributed by atoms with van der Waals surface area (Å²) in [6, 6.07) is 8.97. The van der Waals surface area contributed by atoms with Crippen LogP contribution in [0, 0.1) is 5.92 Å². The summed E-state index contributed by atoms with van der Waals surface area (Å²) in [4.78, 5) is 40.0. The smallest absolute Gasteiger partial charge is 0.272 e. The Labute approximate surface area is 200 Å². The van der Waals surface area contributed by atoms with Gasteiger partial charge < -0.3 is 20.3 Å². The van der Waals surface area contributed by atoms with Gasteiger partial charge in [-0.3, -0.25) is 19.1 Å². The third kappa shape index (κ3) is 5.58. The molecule has 34 heavy (non-hydrogen) atoms. The predicted octanol–water partition coefficient (Wildman–Crippen LogP) is 2.61. The van der Waals surface area contributed by atoms with Gasteiger partial charge in [0.1, 0.15) is 17.0 Å². The van der Waals surface area contributed by atoms with Gasteiger partial charge >= 0.3 is 0 Å². The monoisotopic (exact) mass is 469 g/mol. The van der Waals surface area contributed by atoms with E-state index in [2.05, 4.69) is 29.6 Å². The minimum Gasteiger partial charge on any atom is -0.491 e. The maximum absolute atomic E-state index is 13.0. The molecule has 0 unspecified atom stereocenters. The van der Waals surface area contributed by atoms with Crippen LogP contribution in [-0.4, -0.2) is 57.6 Å². The second-order valence-electron chi connectivity index (χ2n) is 9.64. The van der Waals surface area contributed by atoms with E-state index in [4.69, 9.17) is 4.74 Å². The molecule has 0 fully saturated rings. The van der Waals surface area contributed by atoms with Crippen molar-refractivity contribution in [1.29, 1.82) is 0 Å². The van der Waals surface area contributed by atoms with Crippen LogP contribution in [0.3, 0.4) is 0 Å². The highest BCUT2D eigenvalue weighted by Crippen LogP contribution is 2.26. The van der Waals surface area contributed by atoms with Gasteiger partial charge in [-0.05, 0) is 50.8 Å². The number of aromatic nitrogens is 2. The third-order valence-electron chi connectivity index (χ3n) is 5.98. The Morgan fingerprint density at radius 3 is 2.44 bits per heavy atom. The van der Waals surface area contributed by atoms with Crippen molar-refractivity contribution in [1.82, 2.24) is 25.3 Å². The van der Waals surface area contributed by atoms with Crippen molar-refractivity contribution in [3.8, 4) is 5.75 Å². The van der Waals surface area contributed by atoms with Crippen molar-refractivity contribution in [2.45, 2.75) is 65.8 Å². The van der Waals surface area contributed by atoms with Gasteiger partial charge in [0.25, 0.3) is 11.8 Å². The summed E-state index contributed by atoms with van der Waals surface area (Å²) < 4.78 is 7.09. The number of nitrogens with zero attached hydrogens (tertiary/aromatic N) is 3. The summed E-state index contributed by atoms with van der Waals surface area (Å²) in [5.41, 5.74) is 0.242. The van der Waals surface area contributed by atoms with Gasteiger partial charge in [-0.25, -0.2) is 0 Å². The first-order chi connectivity index (χ1) is 16.0. The fourth-order valence-electron chi connectivity index (χ4n) is 3.73. The van der Waals surface area contributed by atoms with Crippen LogP contribution in [0.15, 0.2) is 30.3 Å². The van der Waals surface area contributed by atoms with Crippen LogP contribution < -0.4 is 15.4 Å². The number of carbonyl (C=O) groups is 3. The lowest BCUT2D eigenvalue weighted by molar-refractivity contribution is -0.132. The average molecular weight is 470 g/mol. The van der Waals surface area contributed by atoms with Crippen LogP contribution in [0.5, 0.6) is 5.75 Å². The molecule has 1 aliphatic heterocycles. The number of nitrogens with one attached hydrogen (secondary N) is 2. The van der Waals surface area contributed by atoms with E-state index in [9.17, 15) is 14.4 Å². The van der Waals surface area contributed by atoms with Gasteiger partial charge in [-0.1, -0.05) is 26.0 Å². The van der Waals surface area contributed by atoms with Crippen LogP contribution in [0.25, 0.3) is 0 Å². The van der Waals surface area contributed by atoms with E-state index in [1.165, 1.54) is 15.6 Å². The van der Waals surface area contributed by atoms with E-state index >= 15 is 0 Å². The van der Waals surface area contributed by atoms with E-state index in [1.54, 1.807) is 14.0 Å². The number of ether oxygens (including phenoxy) is 1. The molecule has 0 saturated heterocycles. The maximum atomic E-state index is 13.0. The highest BCUT2D eigenvalue weighted by Gasteiger charge is 2.46. The molecular formula is C25H35N5O4. The van der Waals surface area contributed by atoms with E-state index in [0.29, 0.717) is 19.0 Å². The van der Waals surface area contributed by atoms with Gasteiger partial charge in [0.2, 0.25) is 5.91 Å². The van der Waals surface area contributed by atoms with E-state index in [-0.39, 0.29) is 41.8 Å². The SMILES string of the molecule is CC(C)CCNC(=O)[C@@]1(C)Cn2nc(C(=O)NCc3ccc(OC(C)C)cc3)cc2C(=O)N1C. The van der Waals surface area contributed by atoms with Crippen LogP contribution in [0.2, 0.25) is 0 Å². The lowest BCUT2D eigenvalue weighted by atomic mass is 9.95. The van der Waals surface area contributed by atoms with Crippen LogP contribution >= 0.6 is 0 Å². The largest absolute Gasteiger partial charge is 0.491 e. The van der Waals surface area contributed by atoms with Gasteiger partial charge in [-0.15, -0.1) is 0 Å². The Morgan fingerprint density at radius 1 is 1.15 bits per heavy atom. The first-order valence-corrected chi connectivity index (χ1v) is 11.7. The van der Waals surface area contributed by atoms with Gasteiger partial charge in [0, 0.05) is 26.2 Å². The summed E-state index contributed by atoms with van der Waals surface area (Å²) in [6.45, 7) is 10.8. The van der Waals surface area contributed by atoms with E-state index in [0.717, 1.165) is 17.7 Å². The summed E-state index contributed by atoms with van der Waals surface area (Å²) in [5.74, 6) is 0.263. The molecule has 1 aliphatic rings. The third-order valence-corrected chi connectivity index (χ3v) is 5.98. The topological polar surface area (TPSA) is 106 Å². The number of likely N-dealkylation sites (N-methyl/N-ethyl adjacent to an activating group) is 1. The molecule has 184 valence electrons. The second kappa shape index (κ2) is 10.3. The molecule has 1 atom stereocenters. The molecule has 2 heterocycles. The minimum absolute atomic E-state index is 0.0900. The molecule has 0 radical (unpaired) electrons. The Hall–Kier alpha value is -3.36. The van der Waals surface area contributed by atoms with Crippen molar-refractivity contribution < 1.29 is 19.1 Å². The molecule has 0 spiro atoms. The first kappa shape index (κ1) is 25.3. The zero-order chi connectivity index (χ0) is 25.0. The normalized spacial score (nSPS) is 17.6. The fourth-order valence-corrected chi connectivity index (χ4v) is 3.73. The highest BCUT2D eigenvalue weighted by atomic mass is 16.5. The average Bonchev–Trinajstić information content (AvgIpc) is 3.20. The summed E-state index contributed by atoms with van der Waals surface area (Å²) >= 11 is 0. The molecule has 3 amide bonds. The number of hydrogen-bond acceptors (Lipinski definition) is 5. The Bertz CT molecular complexity index is 1040. The van der Waals surface area contributed by atoms with Crippen molar-refractivity contribution >= 4 is 17.7 Å². The molecule has 1 aromatic carbocycles. The molecule has 2 N–H and O–H groups in total. The van der Waals surface area contributed by atoms with Crippen molar-refractivity contribution in [3.63, 3.8) is 0 Å². The molecule has 9 nitrogen and oxygen atoms in total. The zero-order valence-corrected chi connectivity index (χ0v) is 20.8. The van der Waals surface area contributed by atoms with E-state index in [1.807, 2.05) is 38.1 Å². The second-order valence-corrected chi connectivity index (χ2v) is 9.64. The van der Waals surface area contributed by atoms with Crippen LogP contribution in [-0.2, 0) is 17.9 Å². The highest BCUT2D eigenvalue weighted by molar-refractivity contribution is 6.01. The van der Waals surface area contributed by atoms with Gasteiger partial charge in [0.15, 0.2) is 5.69 Å². The molecule has 2 aromatic rings. The van der Waals surface area contributed by atoms with Crippen molar-refractivity contribution in [2.24, 2.45) is 5.92 Å². The maximum Gasteiger partial charge on any atom is 0.272 e. The molecule has 3 rings (SSSR count). The quantitative estimate of drug-likeness (QED) is 0.587. The number of fused-ring (bicyclic) bond motifs is 1. The number of rotatable bonds is 9. The van der Waals surface area contributed by atoms with Crippen LogP contribution in [0.1, 0.15) is 67.6 Å². The Kier molecular flexibility index (Phi) is 7.64. The Balaban J connectivity index is 1.67. The fraction of sp³-hybridized carbons (Fsp3) is 0.520. The van der Waals surface area contributed by atoms with Gasteiger partial charge in [-0.2, -0.15) is 5.10 Å². The standard InChI is InChI=1S/C25H35N5O4/c1-16(2)11-12-26-24(33)25(5)15-30-21(23(32)29(25)6)13-20(28-30)22(31)27-14-18-7-9-19(10-8-18)34-17(3)4/h7-10,13,16-17H,11-12,14-15H2,1-6H3,(H,26,33)(H,27,31)/t25-/m1/s1. The first-order valence-electron chi connectivity index (χ1n) is 11.7. The minimum atomic E-state index is -1.10. The summed E-state index contributed by atoms with van der Waals surface area (Å²) in [6.07, 6.45) is 0.942. The molecule has 0 bridgehead atoms. The molecule has 9 heteroatoms. The van der Waals surface area contributed by atoms with Crippen molar-refractivity contribution in [3.05, 3.63) is 47.3 Å². The summed E-state index contributed by atoms with van der Waals surface area (Å²) in [5, 5.41) is 10.1. The lowest BCUT2D eigenvalue weighted by Gasteiger charge is -2.40. The number of hydrogen-bond donors (Lipinski definition) is 2. The number of carbonyl (C=O) groups excluding carboxylic acids is 3. The van der Waals surface area contributed by atoms with Crippen LogP contribution in [0.4, 0.5) is 0 Å². The van der Waals surface area contributed by atoms with Gasteiger partial charge in [0.05, 0.1) is 12.6 Å². The number of benzene rings is 1. The summed E-state index contributed by atoms with van der Waals surface area (Å²) in [7, 11) is 1.60. The molecule has 0 saturated carbocycles. The molecule has 1 aromatic heterocycles. The molecular weight excluding hydrogens is 434 g/mol. The van der Waals surface area contributed by atoms with Crippen molar-refractivity contribution in [2.75, 3.05) is 13.6 Å². The predicted molar refractivity (Wildman–Crippen MR) is 129 cm³/mol.